The van der Waals surface area contributed by atoms with Crippen LogP contribution in [0, 0.1) is 34.0 Å². The van der Waals surface area contributed by atoms with Crippen molar-refractivity contribution in [2.24, 2.45) is 34.0 Å². The molecule has 0 saturated heterocycles. The van der Waals surface area contributed by atoms with Gasteiger partial charge < -0.3 is 5.11 Å². The number of hydrogen-bond donors (Lipinski definition) is 1. The maximum atomic E-state index is 12.0. The van der Waals surface area contributed by atoms with Gasteiger partial charge in [0.05, 0.1) is 5.41 Å². The largest absolute Gasteiger partial charge is 0.481 e. The predicted octanol–water partition coefficient (Wildman–Crippen LogP) is 4.65. The first kappa shape index (κ1) is 13.8. The van der Waals surface area contributed by atoms with Gasteiger partial charge in [-0.05, 0) is 80.5 Å². The highest BCUT2D eigenvalue weighted by Crippen LogP contribution is 2.69. The van der Waals surface area contributed by atoms with Crippen LogP contribution in [-0.4, -0.2) is 11.1 Å². The zero-order valence-corrected chi connectivity index (χ0v) is 13.4. The molecule has 2 nitrogen and oxygen atoms in total. The van der Waals surface area contributed by atoms with Crippen molar-refractivity contribution in [1.82, 2.24) is 0 Å². The van der Waals surface area contributed by atoms with Crippen molar-refractivity contribution in [3.8, 4) is 0 Å². The molecule has 0 amide bonds. The topological polar surface area (TPSA) is 37.3 Å². The second-order valence-electron chi connectivity index (χ2n) is 8.86. The van der Waals surface area contributed by atoms with Crippen LogP contribution in [0.3, 0.4) is 0 Å². The van der Waals surface area contributed by atoms with E-state index >= 15 is 0 Å². The second kappa shape index (κ2) is 4.14. The van der Waals surface area contributed by atoms with Gasteiger partial charge in [-0.2, -0.15) is 0 Å². The Morgan fingerprint density at radius 2 is 1.90 bits per heavy atom. The molecule has 0 radical (unpaired) electrons. The number of fused-ring (bicyclic) bond motifs is 3. The van der Waals surface area contributed by atoms with Gasteiger partial charge in [0.2, 0.25) is 0 Å². The molecule has 0 aromatic rings. The van der Waals surface area contributed by atoms with Crippen molar-refractivity contribution in [2.45, 2.75) is 65.2 Å². The number of carboxylic acids is 1. The van der Waals surface area contributed by atoms with Crippen LogP contribution in [0.2, 0.25) is 0 Å². The second-order valence-corrected chi connectivity index (χ2v) is 8.86. The quantitative estimate of drug-likeness (QED) is 0.713. The van der Waals surface area contributed by atoms with E-state index in [2.05, 4.69) is 19.1 Å². The Kier molecular flexibility index (Phi) is 2.73. The van der Waals surface area contributed by atoms with E-state index in [9.17, 15) is 9.90 Å². The molecule has 0 unspecified atom stereocenters. The van der Waals surface area contributed by atoms with Crippen molar-refractivity contribution in [2.75, 3.05) is 0 Å². The van der Waals surface area contributed by atoms with E-state index in [0.29, 0.717) is 11.3 Å². The third-order valence-electron chi connectivity index (χ3n) is 8.02. The molecule has 6 atom stereocenters. The lowest BCUT2D eigenvalue weighted by Crippen LogP contribution is -2.58. The molecule has 4 aliphatic carbocycles. The minimum absolute atomic E-state index is 0.239. The minimum atomic E-state index is -0.551. The van der Waals surface area contributed by atoms with Crippen LogP contribution in [-0.2, 0) is 4.79 Å². The fraction of sp³-hybridized carbons (Fsp3) is 0.842. The number of rotatable bonds is 1. The average molecular weight is 288 g/mol. The van der Waals surface area contributed by atoms with Gasteiger partial charge in [-0.1, -0.05) is 25.5 Å². The van der Waals surface area contributed by atoms with E-state index in [4.69, 9.17) is 0 Å². The van der Waals surface area contributed by atoms with Gasteiger partial charge in [0, 0.05) is 0 Å². The molecule has 1 spiro atoms. The van der Waals surface area contributed by atoms with Crippen LogP contribution in [0.5, 0.6) is 0 Å². The first-order valence-corrected chi connectivity index (χ1v) is 8.83. The van der Waals surface area contributed by atoms with Crippen molar-refractivity contribution in [1.29, 1.82) is 0 Å². The average Bonchev–Trinajstić information content (AvgIpc) is 2.73. The first-order chi connectivity index (χ1) is 9.91. The lowest BCUT2D eigenvalue weighted by Gasteiger charge is -2.63. The summed E-state index contributed by atoms with van der Waals surface area (Å²) in [5.74, 6) is 1.36. The van der Waals surface area contributed by atoms with E-state index in [1.54, 1.807) is 0 Å². The smallest absolute Gasteiger partial charge is 0.309 e. The Morgan fingerprint density at radius 1 is 1.10 bits per heavy atom. The lowest BCUT2D eigenvalue weighted by molar-refractivity contribution is -0.177. The Labute approximate surface area is 128 Å². The summed E-state index contributed by atoms with van der Waals surface area (Å²) < 4.78 is 0. The van der Waals surface area contributed by atoms with Crippen molar-refractivity contribution >= 4 is 5.97 Å². The van der Waals surface area contributed by atoms with Crippen molar-refractivity contribution in [3.63, 3.8) is 0 Å². The molecule has 21 heavy (non-hydrogen) atoms. The van der Waals surface area contributed by atoms with Gasteiger partial charge in [-0.25, -0.2) is 0 Å². The maximum Gasteiger partial charge on any atom is 0.309 e. The summed E-state index contributed by atoms with van der Waals surface area (Å²) in [5.41, 5.74) is 0.169. The number of allylic oxidation sites excluding steroid dienone is 2. The summed E-state index contributed by atoms with van der Waals surface area (Å²) >= 11 is 0. The van der Waals surface area contributed by atoms with E-state index in [1.807, 2.05) is 6.92 Å². The van der Waals surface area contributed by atoms with Crippen molar-refractivity contribution < 1.29 is 9.90 Å². The minimum Gasteiger partial charge on any atom is -0.481 e. The van der Waals surface area contributed by atoms with Crippen LogP contribution in [0.1, 0.15) is 65.2 Å². The molecule has 0 aromatic carbocycles. The van der Waals surface area contributed by atoms with E-state index < -0.39 is 11.4 Å². The monoisotopic (exact) mass is 288 g/mol. The normalized spacial score (nSPS) is 54.9. The number of hydrogen-bond acceptors (Lipinski definition) is 1. The zero-order chi connectivity index (χ0) is 14.9. The molecule has 2 heteroatoms. The summed E-state index contributed by atoms with van der Waals surface area (Å²) in [5, 5.41) is 9.86. The highest BCUT2D eigenvalue weighted by Gasteiger charge is 2.63. The SMILES string of the molecule is C[C@@]12CCC[C@@](C)(C(=O)O)[C@H]1CC[C@@]13C=C[C@@H](CC[C@H]12)C3. The van der Waals surface area contributed by atoms with Crippen LogP contribution < -0.4 is 0 Å². The molecule has 4 aliphatic rings. The molecule has 1 N–H and O–H groups in total. The van der Waals surface area contributed by atoms with Gasteiger partial charge in [0.1, 0.15) is 0 Å². The van der Waals surface area contributed by atoms with E-state index in [1.165, 1.54) is 32.1 Å². The van der Waals surface area contributed by atoms with Crippen LogP contribution in [0.15, 0.2) is 12.2 Å². The van der Waals surface area contributed by atoms with Gasteiger partial charge in [0.15, 0.2) is 0 Å². The summed E-state index contributed by atoms with van der Waals surface area (Å²) in [6.07, 6.45) is 14.6. The molecular formula is C19H28O2. The van der Waals surface area contributed by atoms with E-state index in [-0.39, 0.29) is 5.41 Å². The first-order valence-electron chi connectivity index (χ1n) is 8.83. The highest BCUT2D eigenvalue weighted by atomic mass is 16.4. The third kappa shape index (κ3) is 1.62. The summed E-state index contributed by atoms with van der Waals surface area (Å²) in [6, 6.07) is 0. The summed E-state index contributed by atoms with van der Waals surface area (Å²) in [4.78, 5) is 12.0. The van der Waals surface area contributed by atoms with Crippen LogP contribution in [0.4, 0.5) is 0 Å². The number of aliphatic carboxylic acids is 1. The molecular weight excluding hydrogens is 260 g/mol. The Hall–Kier alpha value is -0.790. The molecule has 4 rings (SSSR count). The fourth-order valence-corrected chi connectivity index (χ4v) is 7.07. The molecule has 3 saturated carbocycles. The number of carboxylic acid groups (broad SMARTS) is 1. The molecule has 116 valence electrons. The lowest BCUT2D eigenvalue weighted by atomic mass is 9.41. The van der Waals surface area contributed by atoms with E-state index in [0.717, 1.165) is 31.1 Å². The fourth-order valence-electron chi connectivity index (χ4n) is 7.07. The summed E-state index contributed by atoms with van der Waals surface area (Å²) in [7, 11) is 0. The molecule has 0 aromatic heterocycles. The highest BCUT2D eigenvalue weighted by molar-refractivity contribution is 5.75. The predicted molar refractivity (Wildman–Crippen MR) is 82.8 cm³/mol. The molecule has 3 fully saturated rings. The van der Waals surface area contributed by atoms with Gasteiger partial charge in [-0.15, -0.1) is 0 Å². The number of carbonyl (C=O) groups is 1. The summed E-state index contributed by atoms with van der Waals surface area (Å²) in [6.45, 7) is 4.47. The molecule has 0 heterocycles. The zero-order valence-electron chi connectivity index (χ0n) is 13.4. The van der Waals surface area contributed by atoms with Crippen LogP contribution in [0.25, 0.3) is 0 Å². The van der Waals surface area contributed by atoms with Crippen molar-refractivity contribution in [3.05, 3.63) is 12.2 Å². The maximum absolute atomic E-state index is 12.0. The van der Waals surface area contributed by atoms with Gasteiger partial charge in [0.25, 0.3) is 0 Å². The Bertz CT molecular complexity index is 504. The standard InChI is InChI=1S/C19H28O2/c1-17-8-3-9-18(2,16(20)21)14(17)7-11-19-10-6-13(12-19)4-5-15(17)19/h6,10,13-15H,3-5,7-9,11-12H2,1-2H3,(H,20,21)/t13-,14+,15+,17-,18-,19-/m1/s1. The molecule has 0 aliphatic heterocycles. The Morgan fingerprint density at radius 3 is 2.67 bits per heavy atom. The Balaban J connectivity index is 1.76. The third-order valence-corrected chi connectivity index (χ3v) is 8.02. The van der Waals surface area contributed by atoms with Gasteiger partial charge in [-0.3, -0.25) is 4.79 Å². The molecule has 2 bridgehead atoms. The van der Waals surface area contributed by atoms with Crippen LogP contribution >= 0.6 is 0 Å². The van der Waals surface area contributed by atoms with Gasteiger partial charge >= 0.3 is 5.97 Å².